The van der Waals surface area contributed by atoms with Gasteiger partial charge in [0.2, 0.25) is 11.8 Å². The van der Waals surface area contributed by atoms with Gasteiger partial charge in [0.1, 0.15) is 5.75 Å². The molecule has 224 valence electrons. The van der Waals surface area contributed by atoms with Gasteiger partial charge in [0.25, 0.3) is 0 Å². The fourth-order valence-electron chi connectivity index (χ4n) is 4.46. The summed E-state index contributed by atoms with van der Waals surface area (Å²) in [6.45, 7) is 12.7. The van der Waals surface area contributed by atoms with Gasteiger partial charge in [0.15, 0.2) is 0 Å². The van der Waals surface area contributed by atoms with E-state index in [9.17, 15) is 14.7 Å². The van der Waals surface area contributed by atoms with Crippen molar-refractivity contribution in [3.05, 3.63) is 29.3 Å². The molecular formula is C30H53N3O6. The number of amides is 2. The molecule has 0 radical (unpaired) electrons. The summed E-state index contributed by atoms with van der Waals surface area (Å²) in [5, 5.41) is 22.8. The number of primary amides is 1. The Hall–Kier alpha value is -2.20. The van der Waals surface area contributed by atoms with Crippen LogP contribution in [0.2, 0.25) is 0 Å². The molecular weight excluding hydrogens is 498 g/mol. The molecule has 0 bridgehead atoms. The van der Waals surface area contributed by atoms with E-state index in [0.717, 1.165) is 23.3 Å². The van der Waals surface area contributed by atoms with Crippen molar-refractivity contribution < 1.29 is 29.3 Å². The van der Waals surface area contributed by atoms with Gasteiger partial charge in [-0.15, -0.1) is 0 Å². The quantitative estimate of drug-likeness (QED) is 0.165. The lowest BCUT2D eigenvalue weighted by Gasteiger charge is -2.30. The topological polar surface area (TPSA) is 157 Å². The van der Waals surface area contributed by atoms with Gasteiger partial charge < -0.3 is 36.5 Å². The van der Waals surface area contributed by atoms with Gasteiger partial charge in [-0.3, -0.25) is 9.59 Å². The van der Waals surface area contributed by atoms with E-state index in [1.807, 2.05) is 26.0 Å². The van der Waals surface area contributed by atoms with E-state index >= 15 is 0 Å². The molecule has 0 aliphatic rings. The number of aliphatic hydroxyl groups is 2. The van der Waals surface area contributed by atoms with Crippen LogP contribution in [0.1, 0.15) is 71.9 Å². The van der Waals surface area contributed by atoms with Gasteiger partial charge in [-0.1, -0.05) is 33.8 Å². The van der Waals surface area contributed by atoms with Crippen LogP contribution in [0, 0.1) is 29.1 Å². The molecule has 0 aliphatic heterocycles. The number of nitrogens with two attached hydrogens (primary N) is 2. The number of hydrogen-bond donors (Lipinski definition) is 5. The zero-order chi connectivity index (χ0) is 29.8. The number of carbonyl (C=O) groups is 2. The largest absolute Gasteiger partial charge is 0.496 e. The van der Waals surface area contributed by atoms with Crippen molar-refractivity contribution in [3.8, 4) is 5.75 Å². The summed E-state index contributed by atoms with van der Waals surface area (Å²) in [5.41, 5.74) is 13.2. The predicted molar refractivity (Wildman–Crippen MR) is 154 cm³/mol. The van der Waals surface area contributed by atoms with Gasteiger partial charge in [-0.2, -0.15) is 0 Å². The van der Waals surface area contributed by atoms with Crippen LogP contribution >= 0.6 is 0 Å². The minimum atomic E-state index is -0.858. The van der Waals surface area contributed by atoms with Crippen LogP contribution in [0.15, 0.2) is 18.2 Å². The van der Waals surface area contributed by atoms with E-state index < -0.39 is 29.4 Å². The first-order valence-electron chi connectivity index (χ1n) is 14.1. The summed E-state index contributed by atoms with van der Waals surface area (Å²) in [7, 11) is 1.63. The fraction of sp³-hybridized carbons (Fsp3) is 0.733. The van der Waals surface area contributed by atoms with E-state index in [2.05, 4.69) is 25.2 Å². The highest BCUT2D eigenvalue weighted by atomic mass is 16.5. The average Bonchev–Trinajstić information content (AvgIpc) is 2.87. The second-order valence-electron chi connectivity index (χ2n) is 12.0. The highest BCUT2D eigenvalue weighted by molar-refractivity contribution is 5.83. The number of methoxy groups -OCH3 is 1. The molecule has 0 saturated heterocycles. The minimum absolute atomic E-state index is 0.0123. The second kappa shape index (κ2) is 16.8. The molecule has 0 unspecified atom stereocenters. The highest BCUT2D eigenvalue weighted by Crippen LogP contribution is 2.28. The van der Waals surface area contributed by atoms with Crippen molar-refractivity contribution in [2.75, 3.05) is 26.9 Å². The van der Waals surface area contributed by atoms with Crippen LogP contribution in [0.3, 0.4) is 0 Å². The maximum Gasteiger partial charge on any atom is 0.224 e. The lowest BCUT2D eigenvalue weighted by atomic mass is 9.80. The summed E-state index contributed by atoms with van der Waals surface area (Å²) in [6, 6.07) is 5.58. The maximum absolute atomic E-state index is 12.9. The molecule has 0 fully saturated rings. The van der Waals surface area contributed by atoms with Crippen molar-refractivity contribution >= 4 is 11.8 Å². The number of aliphatic hydroxyl groups excluding tert-OH is 2. The maximum atomic E-state index is 12.9. The van der Waals surface area contributed by atoms with E-state index in [1.165, 1.54) is 0 Å². The SMILES string of the molecule is COc1ccc(C[C@@H](C[C@H](N)[C@@H](O)C[C@H](C(=O)NCC(C)(C)C(N)=O)C(C)C)C(C)C)cc1COCCCO. The van der Waals surface area contributed by atoms with E-state index in [1.54, 1.807) is 21.0 Å². The van der Waals surface area contributed by atoms with Gasteiger partial charge in [0.05, 0.1) is 25.2 Å². The number of carbonyl (C=O) groups excluding carboxylic acids is 2. The normalized spacial score (nSPS) is 15.2. The van der Waals surface area contributed by atoms with Crippen LogP contribution < -0.4 is 21.5 Å². The van der Waals surface area contributed by atoms with Crippen molar-refractivity contribution in [2.45, 2.75) is 86.0 Å². The molecule has 9 nitrogen and oxygen atoms in total. The third-order valence-electron chi connectivity index (χ3n) is 7.57. The lowest BCUT2D eigenvalue weighted by molar-refractivity contribution is -0.130. The molecule has 7 N–H and O–H groups in total. The highest BCUT2D eigenvalue weighted by Gasteiger charge is 2.32. The first-order chi connectivity index (χ1) is 18.2. The molecule has 0 saturated carbocycles. The standard InChI is InChI=1S/C30H53N3O6/c1-19(2)22(13-21-9-10-27(38-7)23(14-21)17-39-12-8-11-34)15-25(31)26(35)16-24(20(3)4)28(36)33-18-30(5,6)29(32)37/h9-10,14,19-20,22,24-26,34-35H,8,11-13,15-18,31H2,1-7H3,(H2,32,37)(H,33,36)/t22-,24-,25-,26-/m0/s1. The smallest absolute Gasteiger partial charge is 0.224 e. The number of nitrogens with one attached hydrogen (secondary N) is 1. The molecule has 9 heteroatoms. The Balaban J connectivity index is 2.87. The summed E-state index contributed by atoms with van der Waals surface area (Å²) in [6.07, 6.45) is 1.36. The van der Waals surface area contributed by atoms with Crippen LogP contribution in [-0.2, 0) is 27.4 Å². The minimum Gasteiger partial charge on any atom is -0.496 e. The van der Waals surface area contributed by atoms with Crippen LogP contribution in [0.25, 0.3) is 0 Å². The Morgan fingerprint density at radius 3 is 2.31 bits per heavy atom. The number of ether oxygens (including phenoxy) is 2. The second-order valence-corrected chi connectivity index (χ2v) is 12.0. The first kappa shape index (κ1) is 34.8. The van der Waals surface area contributed by atoms with Crippen molar-refractivity contribution in [1.29, 1.82) is 0 Å². The Morgan fingerprint density at radius 1 is 1.10 bits per heavy atom. The van der Waals surface area contributed by atoms with Gasteiger partial charge in [-0.05, 0) is 75.0 Å². The number of benzene rings is 1. The molecule has 1 rings (SSSR count). The monoisotopic (exact) mass is 551 g/mol. The Morgan fingerprint density at radius 2 is 1.77 bits per heavy atom. The summed E-state index contributed by atoms with van der Waals surface area (Å²) in [4.78, 5) is 24.5. The molecule has 1 aromatic rings. The molecule has 1 aromatic carbocycles. The van der Waals surface area contributed by atoms with Crippen LogP contribution in [0.4, 0.5) is 0 Å². The fourth-order valence-corrected chi connectivity index (χ4v) is 4.46. The van der Waals surface area contributed by atoms with Crippen molar-refractivity contribution in [1.82, 2.24) is 5.32 Å². The predicted octanol–water partition coefficient (Wildman–Crippen LogP) is 2.78. The van der Waals surface area contributed by atoms with E-state index in [4.69, 9.17) is 26.0 Å². The van der Waals surface area contributed by atoms with Gasteiger partial charge >= 0.3 is 0 Å². The Bertz CT molecular complexity index is 889. The molecule has 0 spiro atoms. The average molecular weight is 552 g/mol. The first-order valence-corrected chi connectivity index (χ1v) is 14.1. The third kappa shape index (κ3) is 11.8. The summed E-state index contributed by atoms with van der Waals surface area (Å²) >= 11 is 0. The molecule has 2 amide bonds. The van der Waals surface area contributed by atoms with Gasteiger partial charge in [-0.25, -0.2) is 0 Å². The number of rotatable bonds is 19. The number of hydrogen-bond acceptors (Lipinski definition) is 7. The van der Waals surface area contributed by atoms with Crippen molar-refractivity contribution in [2.24, 2.45) is 40.6 Å². The molecule has 0 heterocycles. The zero-order valence-electron chi connectivity index (χ0n) is 25.0. The Labute approximate surface area is 235 Å². The summed E-state index contributed by atoms with van der Waals surface area (Å²) < 4.78 is 11.2. The lowest BCUT2D eigenvalue weighted by Crippen LogP contribution is -2.46. The molecule has 39 heavy (non-hydrogen) atoms. The zero-order valence-corrected chi connectivity index (χ0v) is 25.0. The van der Waals surface area contributed by atoms with E-state index in [0.29, 0.717) is 32.0 Å². The van der Waals surface area contributed by atoms with E-state index in [-0.39, 0.29) is 37.3 Å². The van der Waals surface area contributed by atoms with Crippen LogP contribution in [0.5, 0.6) is 5.75 Å². The van der Waals surface area contributed by atoms with Crippen LogP contribution in [-0.4, -0.2) is 61.0 Å². The molecule has 4 atom stereocenters. The van der Waals surface area contributed by atoms with Crippen molar-refractivity contribution in [3.63, 3.8) is 0 Å². The summed E-state index contributed by atoms with van der Waals surface area (Å²) in [5.74, 6) is 0.155. The molecule has 0 aliphatic carbocycles. The molecule has 0 aromatic heterocycles. The third-order valence-corrected chi connectivity index (χ3v) is 7.57. The Kier molecular flexibility index (Phi) is 15.0. The van der Waals surface area contributed by atoms with Gasteiger partial charge in [0, 0.05) is 37.3 Å².